The Morgan fingerprint density at radius 3 is 1.83 bits per heavy atom. The number of anilines is 1. The van der Waals surface area contributed by atoms with Crippen molar-refractivity contribution in [1.29, 1.82) is 0 Å². The summed E-state index contributed by atoms with van der Waals surface area (Å²) in [5, 5.41) is 2.74. The highest BCUT2D eigenvalue weighted by atomic mass is 32.2. The third-order valence-corrected chi connectivity index (χ3v) is 5.36. The molecule has 0 aliphatic carbocycles. The van der Waals surface area contributed by atoms with Gasteiger partial charge in [-0.25, -0.2) is 0 Å². The number of rotatable bonds is 5. The van der Waals surface area contributed by atoms with Crippen LogP contribution >= 0.6 is 0 Å². The average Bonchev–Trinajstić information content (AvgIpc) is 2.52. The van der Waals surface area contributed by atoms with Crippen LogP contribution in [0.1, 0.15) is 12.5 Å². The summed E-state index contributed by atoms with van der Waals surface area (Å²) in [4.78, 5) is -0.868. The van der Waals surface area contributed by atoms with Crippen molar-refractivity contribution >= 4 is 25.9 Å². The smallest absolute Gasteiger partial charge is 0.295 e. The maximum absolute atomic E-state index is 11.7. The number of nitrogens with one attached hydrogen (secondary N) is 1. The Morgan fingerprint density at radius 1 is 0.875 bits per heavy atom. The molecule has 7 nitrogen and oxygen atoms in total. The Labute approximate surface area is 140 Å². The van der Waals surface area contributed by atoms with E-state index < -0.39 is 30.0 Å². The summed E-state index contributed by atoms with van der Waals surface area (Å²) in [5.74, 6) is 0. The van der Waals surface area contributed by atoms with E-state index in [0.29, 0.717) is 17.7 Å². The van der Waals surface area contributed by atoms with E-state index in [1.807, 2.05) is 6.92 Å². The molecule has 0 aliphatic rings. The van der Waals surface area contributed by atoms with Crippen LogP contribution in [0.15, 0.2) is 46.2 Å². The van der Waals surface area contributed by atoms with Crippen LogP contribution in [0.25, 0.3) is 11.1 Å². The molecule has 3 N–H and O–H groups in total. The molecular weight excluding hydrogens is 354 g/mol. The Hall–Kier alpha value is -1.94. The second-order valence-corrected chi connectivity index (χ2v) is 7.88. The van der Waals surface area contributed by atoms with Crippen molar-refractivity contribution in [2.24, 2.45) is 0 Å². The highest BCUT2D eigenvalue weighted by Gasteiger charge is 2.23. The third kappa shape index (κ3) is 3.75. The lowest BCUT2D eigenvalue weighted by molar-refractivity contribution is 0.480. The van der Waals surface area contributed by atoms with Crippen LogP contribution in [-0.2, 0) is 26.7 Å². The number of benzene rings is 2. The fraction of sp³-hybridized carbons (Fsp3) is 0.200. The number of aryl methyl sites for hydroxylation is 1. The first-order valence-electron chi connectivity index (χ1n) is 6.98. The predicted octanol–water partition coefficient (Wildman–Crippen LogP) is 2.45. The Bertz CT molecular complexity index is 900. The first-order valence-corrected chi connectivity index (χ1v) is 9.86. The minimum atomic E-state index is -4.61. The van der Waals surface area contributed by atoms with Gasteiger partial charge in [0, 0.05) is 23.9 Å². The van der Waals surface area contributed by atoms with Gasteiger partial charge in [-0.1, -0.05) is 25.1 Å². The topological polar surface area (TPSA) is 121 Å². The maximum Gasteiger partial charge on any atom is 0.295 e. The van der Waals surface area contributed by atoms with Gasteiger partial charge in [0.15, 0.2) is 0 Å². The minimum Gasteiger partial charge on any atom is -0.388 e. The van der Waals surface area contributed by atoms with E-state index in [1.54, 1.807) is 13.1 Å². The summed E-state index contributed by atoms with van der Waals surface area (Å²) < 4.78 is 65.8. The third-order valence-electron chi connectivity index (χ3n) is 3.57. The zero-order valence-corrected chi connectivity index (χ0v) is 14.6. The van der Waals surface area contributed by atoms with Crippen molar-refractivity contribution in [2.75, 3.05) is 12.4 Å². The molecule has 2 aromatic rings. The molecule has 0 radical (unpaired) electrons. The van der Waals surface area contributed by atoms with Gasteiger partial charge in [-0.05, 0) is 30.2 Å². The summed E-state index contributed by atoms with van der Waals surface area (Å²) in [6.45, 7) is 1.81. The van der Waals surface area contributed by atoms with Gasteiger partial charge in [0.25, 0.3) is 20.2 Å². The Balaban J connectivity index is 2.87. The monoisotopic (exact) mass is 371 g/mol. The first kappa shape index (κ1) is 18.4. The van der Waals surface area contributed by atoms with Crippen molar-refractivity contribution in [2.45, 2.75) is 23.1 Å². The summed E-state index contributed by atoms with van der Waals surface area (Å²) in [6, 6.07) is 8.40. The molecule has 2 rings (SSSR count). The Kier molecular flexibility index (Phi) is 5.00. The van der Waals surface area contributed by atoms with E-state index in [0.717, 1.165) is 0 Å². The fourth-order valence-electron chi connectivity index (χ4n) is 2.34. The normalized spacial score (nSPS) is 12.2. The lowest BCUT2D eigenvalue weighted by Gasteiger charge is -2.13. The van der Waals surface area contributed by atoms with Gasteiger partial charge >= 0.3 is 0 Å². The van der Waals surface area contributed by atoms with E-state index in [9.17, 15) is 25.9 Å². The van der Waals surface area contributed by atoms with Crippen LogP contribution in [0.3, 0.4) is 0 Å². The lowest BCUT2D eigenvalue weighted by atomic mass is 10.0. The van der Waals surface area contributed by atoms with E-state index >= 15 is 0 Å². The van der Waals surface area contributed by atoms with Crippen LogP contribution in [0.4, 0.5) is 5.69 Å². The second kappa shape index (κ2) is 6.52. The predicted molar refractivity (Wildman–Crippen MR) is 90.4 cm³/mol. The van der Waals surface area contributed by atoms with E-state index in [4.69, 9.17) is 0 Å². The summed E-state index contributed by atoms with van der Waals surface area (Å²) in [6.07, 6.45) is 0.534. The second-order valence-electron chi connectivity index (χ2n) is 5.10. The van der Waals surface area contributed by atoms with Crippen molar-refractivity contribution < 1.29 is 25.9 Å². The van der Waals surface area contributed by atoms with Crippen LogP contribution in [0.5, 0.6) is 0 Å². The Morgan fingerprint density at radius 2 is 1.38 bits per heavy atom. The first-order chi connectivity index (χ1) is 11.1. The summed E-state index contributed by atoms with van der Waals surface area (Å²) in [7, 11) is -7.62. The molecule has 24 heavy (non-hydrogen) atoms. The van der Waals surface area contributed by atoms with Crippen LogP contribution in [0, 0.1) is 0 Å². The number of hydrogen-bond donors (Lipinski definition) is 3. The number of hydrogen-bond acceptors (Lipinski definition) is 5. The molecule has 0 bridgehead atoms. The molecule has 0 aromatic heterocycles. The van der Waals surface area contributed by atoms with E-state index in [-0.39, 0.29) is 11.1 Å². The molecular formula is C15H17NO6S2. The average molecular weight is 371 g/mol. The summed E-state index contributed by atoms with van der Waals surface area (Å²) >= 11 is 0. The largest absolute Gasteiger partial charge is 0.388 e. The van der Waals surface area contributed by atoms with E-state index in [2.05, 4.69) is 5.32 Å². The van der Waals surface area contributed by atoms with E-state index in [1.165, 1.54) is 30.3 Å². The molecule has 0 unspecified atom stereocenters. The van der Waals surface area contributed by atoms with Crippen molar-refractivity contribution in [3.8, 4) is 11.1 Å². The standard InChI is InChI=1S/C15H17NO6S2/c1-3-10-4-6-12(14(8-10)23(17,18)19)13-7-5-11(16-2)9-15(13)24(20,21)22/h4-9,16H,3H2,1-2H3,(H,17,18,19)(H,20,21,22). The molecule has 130 valence electrons. The zero-order valence-electron chi connectivity index (χ0n) is 13.0. The highest BCUT2D eigenvalue weighted by molar-refractivity contribution is 7.86. The van der Waals surface area contributed by atoms with Crippen molar-refractivity contribution in [3.63, 3.8) is 0 Å². The van der Waals surface area contributed by atoms with Gasteiger partial charge < -0.3 is 5.32 Å². The fourth-order valence-corrected chi connectivity index (χ4v) is 3.82. The molecule has 0 saturated carbocycles. The van der Waals surface area contributed by atoms with Gasteiger partial charge in [0.1, 0.15) is 9.79 Å². The van der Waals surface area contributed by atoms with Crippen molar-refractivity contribution in [1.82, 2.24) is 0 Å². The van der Waals surface area contributed by atoms with Gasteiger partial charge in [0.05, 0.1) is 0 Å². The minimum absolute atomic E-state index is 0.00928. The molecule has 0 aliphatic heterocycles. The van der Waals surface area contributed by atoms with Gasteiger partial charge in [0.2, 0.25) is 0 Å². The molecule has 0 atom stereocenters. The molecule has 0 saturated heterocycles. The zero-order chi connectivity index (χ0) is 18.1. The van der Waals surface area contributed by atoms with Gasteiger partial charge in [-0.2, -0.15) is 16.8 Å². The SMILES string of the molecule is CCc1ccc(-c2ccc(NC)cc2S(=O)(=O)O)c(S(=O)(=O)O)c1. The van der Waals surface area contributed by atoms with Crippen LogP contribution in [0.2, 0.25) is 0 Å². The summed E-state index contributed by atoms with van der Waals surface area (Å²) in [5.41, 5.74) is 1.05. The molecule has 0 fully saturated rings. The molecule has 0 heterocycles. The van der Waals surface area contributed by atoms with Crippen LogP contribution in [-0.4, -0.2) is 33.0 Å². The molecule has 2 aromatic carbocycles. The van der Waals surface area contributed by atoms with Gasteiger partial charge in [-0.3, -0.25) is 9.11 Å². The molecule has 9 heteroatoms. The maximum atomic E-state index is 11.7. The quantitative estimate of drug-likeness (QED) is 0.690. The van der Waals surface area contributed by atoms with Gasteiger partial charge in [-0.15, -0.1) is 0 Å². The van der Waals surface area contributed by atoms with Crippen LogP contribution < -0.4 is 5.32 Å². The molecule has 0 amide bonds. The molecule has 0 spiro atoms. The van der Waals surface area contributed by atoms with Crippen molar-refractivity contribution in [3.05, 3.63) is 42.0 Å². The highest BCUT2D eigenvalue weighted by Crippen LogP contribution is 2.34. The lowest BCUT2D eigenvalue weighted by Crippen LogP contribution is -2.06.